The van der Waals surface area contributed by atoms with E-state index in [2.05, 4.69) is 51.1 Å². The second kappa shape index (κ2) is 7.13. The molecule has 1 N–H and O–H groups in total. The van der Waals surface area contributed by atoms with Gasteiger partial charge in [-0.05, 0) is 38.7 Å². The van der Waals surface area contributed by atoms with Gasteiger partial charge in [0.2, 0.25) is 0 Å². The van der Waals surface area contributed by atoms with Crippen LogP contribution in [0, 0.1) is 5.92 Å². The number of hydrogen-bond acceptors (Lipinski definition) is 6. The molecule has 2 aliphatic rings. The molecule has 2 fully saturated rings. The van der Waals surface area contributed by atoms with Crippen LogP contribution in [0.15, 0.2) is 18.6 Å². The molecule has 6 nitrogen and oxygen atoms in total. The van der Waals surface area contributed by atoms with E-state index in [1.54, 1.807) is 6.33 Å². The maximum atomic E-state index is 5.72. The maximum Gasteiger partial charge on any atom is 0.142 e. The van der Waals surface area contributed by atoms with E-state index in [1.807, 2.05) is 18.1 Å². The Morgan fingerprint density at radius 3 is 3.04 bits per heavy atom. The van der Waals surface area contributed by atoms with Gasteiger partial charge in [-0.15, -0.1) is 0 Å². The van der Waals surface area contributed by atoms with Crippen LogP contribution in [-0.4, -0.2) is 63.4 Å². The largest absolute Gasteiger partial charge is 0.375 e. The van der Waals surface area contributed by atoms with E-state index < -0.39 is 0 Å². The molecule has 2 atom stereocenters. The number of morpholine rings is 1. The van der Waals surface area contributed by atoms with Gasteiger partial charge >= 0.3 is 0 Å². The summed E-state index contributed by atoms with van der Waals surface area (Å²) in [7, 11) is 2.16. The van der Waals surface area contributed by atoms with E-state index in [0.29, 0.717) is 18.2 Å². The zero-order chi connectivity index (χ0) is 17.4. The fraction of sp³-hybridized carbons (Fsp3) is 0.667. The molecule has 0 unspecified atom stereocenters. The lowest BCUT2D eigenvalue weighted by atomic mass is 9.81. The molecule has 0 amide bonds. The molecular weight excluding hydrogens is 334 g/mol. The van der Waals surface area contributed by atoms with E-state index in [-0.39, 0.29) is 0 Å². The minimum atomic E-state index is 0.352. The number of anilines is 1. The smallest absolute Gasteiger partial charge is 0.142 e. The zero-order valence-electron chi connectivity index (χ0n) is 15.2. The second-order valence-corrected chi connectivity index (χ2v) is 8.49. The van der Waals surface area contributed by atoms with E-state index in [0.717, 1.165) is 35.9 Å². The molecule has 1 aliphatic heterocycles. The van der Waals surface area contributed by atoms with Crippen LogP contribution in [0.5, 0.6) is 0 Å². The Kier molecular flexibility index (Phi) is 4.88. The molecule has 0 spiro atoms. The Morgan fingerprint density at radius 2 is 2.20 bits per heavy atom. The third-order valence-corrected chi connectivity index (χ3v) is 6.91. The van der Waals surface area contributed by atoms with Crippen molar-refractivity contribution >= 4 is 28.8 Å². The SMILES string of the molecule is C[C@@H]1CN(SCC2CC(N(C)c3ncnc4[nH]ccc34)C2)[C@H](C)CO1. The van der Waals surface area contributed by atoms with Crippen molar-refractivity contribution in [1.82, 2.24) is 19.3 Å². The van der Waals surface area contributed by atoms with Gasteiger partial charge in [-0.3, -0.25) is 0 Å². The minimum Gasteiger partial charge on any atom is -0.375 e. The predicted molar refractivity (Wildman–Crippen MR) is 103 cm³/mol. The molecule has 0 radical (unpaired) electrons. The lowest BCUT2D eigenvalue weighted by Crippen LogP contribution is -2.46. The number of aromatic amines is 1. The Balaban J connectivity index is 1.29. The first-order chi connectivity index (χ1) is 12.1. The summed E-state index contributed by atoms with van der Waals surface area (Å²) in [4.78, 5) is 14.3. The topological polar surface area (TPSA) is 57.3 Å². The predicted octanol–water partition coefficient (Wildman–Crippen LogP) is 2.93. The van der Waals surface area contributed by atoms with E-state index in [9.17, 15) is 0 Å². The number of nitrogens with one attached hydrogen (secondary N) is 1. The average Bonchev–Trinajstić information content (AvgIpc) is 3.04. The molecule has 2 aromatic rings. The summed E-state index contributed by atoms with van der Waals surface area (Å²) in [6.07, 6.45) is 6.42. The van der Waals surface area contributed by atoms with Crippen molar-refractivity contribution in [1.29, 1.82) is 0 Å². The minimum absolute atomic E-state index is 0.352. The van der Waals surface area contributed by atoms with Crippen LogP contribution in [0.2, 0.25) is 0 Å². The second-order valence-electron chi connectivity index (χ2n) is 7.43. The van der Waals surface area contributed by atoms with Crippen molar-refractivity contribution in [2.45, 2.75) is 44.9 Å². The third-order valence-electron chi connectivity index (χ3n) is 5.45. The standard InChI is InChI=1S/C18H27N5OS/c1-12-9-24-13(2)8-23(12)25-10-14-6-15(7-14)22(3)18-16-4-5-19-17(16)20-11-21-18/h4-5,11-15H,6-10H2,1-3H3,(H,19,20,21)/t12-,13-,14?,15?/m1/s1. The summed E-state index contributed by atoms with van der Waals surface area (Å²) in [5.74, 6) is 3.05. The van der Waals surface area contributed by atoms with Crippen molar-refractivity contribution < 1.29 is 4.74 Å². The van der Waals surface area contributed by atoms with Gasteiger partial charge in [0.1, 0.15) is 17.8 Å². The van der Waals surface area contributed by atoms with Crippen molar-refractivity contribution in [3.63, 3.8) is 0 Å². The van der Waals surface area contributed by atoms with Crippen LogP contribution in [0.3, 0.4) is 0 Å². The van der Waals surface area contributed by atoms with Crippen LogP contribution < -0.4 is 4.90 Å². The molecule has 7 heteroatoms. The fourth-order valence-corrected chi connectivity index (χ4v) is 5.02. The highest BCUT2D eigenvalue weighted by atomic mass is 32.2. The lowest BCUT2D eigenvalue weighted by molar-refractivity contribution is -0.0135. The van der Waals surface area contributed by atoms with Gasteiger partial charge in [-0.2, -0.15) is 0 Å². The van der Waals surface area contributed by atoms with Gasteiger partial charge in [-0.25, -0.2) is 14.3 Å². The number of fused-ring (bicyclic) bond motifs is 1. The summed E-state index contributed by atoms with van der Waals surface area (Å²) < 4.78 is 8.23. The molecule has 4 rings (SSSR count). The van der Waals surface area contributed by atoms with Crippen LogP contribution in [0.25, 0.3) is 11.0 Å². The quantitative estimate of drug-likeness (QED) is 0.827. The normalized spacial score (nSPS) is 30.4. The molecule has 2 aromatic heterocycles. The van der Waals surface area contributed by atoms with Crippen LogP contribution in [-0.2, 0) is 4.74 Å². The first-order valence-corrected chi connectivity index (χ1v) is 10.1. The first-order valence-electron chi connectivity index (χ1n) is 9.14. The van der Waals surface area contributed by atoms with Crippen molar-refractivity contribution in [2.75, 3.05) is 30.9 Å². The van der Waals surface area contributed by atoms with Crippen molar-refractivity contribution in [3.05, 3.63) is 18.6 Å². The Hall–Kier alpha value is -1.31. The van der Waals surface area contributed by atoms with Gasteiger partial charge in [-0.1, -0.05) is 11.9 Å². The number of H-pyrrole nitrogens is 1. The maximum absolute atomic E-state index is 5.72. The highest BCUT2D eigenvalue weighted by molar-refractivity contribution is 7.97. The third kappa shape index (κ3) is 3.50. The Bertz CT molecular complexity index is 716. The number of ether oxygens (including phenoxy) is 1. The van der Waals surface area contributed by atoms with Gasteiger partial charge < -0.3 is 14.6 Å². The first kappa shape index (κ1) is 17.1. The molecular formula is C18H27N5OS. The number of aromatic nitrogens is 3. The summed E-state index contributed by atoms with van der Waals surface area (Å²) in [6, 6.07) is 3.16. The Morgan fingerprint density at radius 1 is 1.36 bits per heavy atom. The van der Waals surface area contributed by atoms with Gasteiger partial charge in [0, 0.05) is 37.6 Å². The van der Waals surface area contributed by atoms with Crippen molar-refractivity contribution in [3.8, 4) is 0 Å². The van der Waals surface area contributed by atoms with Gasteiger partial charge in [0.05, 0.1) is 18.1 Å². The average molecular weight is 362 g/mol. The van der Waals surface area contributed by atoms with E-state index in [1.165, 1.54) is 18.6 Å². The van der Waals surface area contributed by atoms with Crippen LogP contribution >= 0.6 is 11.9 Å². The van der Waals surface area contributed by atoms with Gasteiger partial charge in [0.25, 0.3) is 0 Å². The summed E-state index contributed by atoms with van der Waals surface area (Å²) >= 11 is 2.01. The van der Waals surface area contributed by atoms with Crippen LogP contribution in [0.4, 0.5) is 5.82 Å². The summed E-state index contributed by atoms with van der Waals surface area (Å²) in [5, 5.41) is 1.11. The molecule has 1 aliphatic carbocycles. The van der Waals surface area contributed by atoms with Crippen molar-refractivity contribution in [2.24, 2.45) is 5.92 Å². The number of nitrogens with zero attached hydrogens (tertiary/aromatic N) is 4. The molecule has 3 heterocycles. The zero-order valence-corrected chi connectivity index (χ0v) is 16.0. The number of hydrogen-bond donors (Lipinski definition) is 1. The molecule has 1 saturated carbocycles. The molecule has 136 valence electrons. The van der Waals surface area contributed by atoms with E-state index in [4.69, 9.17) is 4.74 Å². The van der Waals surface area contributed by atoms with E-state index >= 15 is 0 Å². The highest BCUT2D eigenvalue weighted by Gasteiger charge is 2.34. The summed E-state index contributed by atoms with van der Waals surface area (Å²) in [5.41, 5.74) is 0.915. The summed E-state index contributed by atoms with van der Waals surface area (Å²) in [6.45, 7) is 6.31. The Labute approximate surface area is 153 Å². The monoisotopic (exact) mass is 361 g/mol. The lowest BCUT2D eigenvalue weighted by Gasteiger charge is -2.43. The van der Waals surface area contributed by atoms with Crippen LogP contribution in [0.1, 0.15) is 26.7 Å². The molecule has 25 heavy (non-hydrogen) atoms. The highest BCUT2D eigenvalue weighted by Crippen LogP contribution is 2.37. The number of rotatable bonds is 5. The fourth-order valence-electron chi connectivity index (χ4n) is 3.72. The molecule has 0 bridgehead atoms. The van der Waals surface area contributed by atoms with Gasteiger partial charge in [0.15, 0.2) is 0 Å². The molecule has 0 aromatic carbocycles. The molecule has 1 saturated heterocycles.